The van der Waals surface area contributed by atoms with E-state index in [0.29, 0.717) is 18.2 Å². The van der Waals surface area contributed by atoms with Crippen LogP contribution in [0.15, 0.2) is 36.5 Å². The van der Waals surface area contributed by atoms with E-state index in [0.717, 1.165) is 5.56 Å². The minimum Gasteiger partial charge on any atom is -0.478 e. The zero-order valence-electron chi connectivity index (χ0n) is 10.8. The molecule has 19 heavy (non-hydrogen) atoms. The van der Waals surface area contributed by atoms with E-state index in [-0.39, 0.29) is 5.69 Å². The Balaban J connectivity index is 2.28. The highest BCUT2D eigenvalue weighted by Crippen LogP contribution is 2.18. The quantitative estimate of drug-likeness (QED) is 0.788. The molecular weight excluding hydrogens is 244 g/mol. The molecule has 2 aromatic rings. The highest BCUT2D eigenvalue weighted by molar-refractivity contribution is 5.87. The molecular formula is C14H14N2O3. The van der Waals surface area contributed by atoms with Crippen LogP contribution in [0.4, 0.5) is 0 Å². The minimum atomic E-state index is -0.458. The van der Waals surface area contributed by atoms with E-state index >= 15 is 0 Å². The lowest BCUT2D eigenvalue weighted by molar-refractivity contribution is 0.0594. The number of rotatable bonds is 4. The van der Waals surface area contributed by atoms with Gasteiger partial charge in [0.15, 0.2) is 0 Å². The summed E-state index contributed by atoms with van der Waals surface area (Å²) in [5.74, 6) is 0.108. The summed E-state index contributed by atoms with van der Waals surface area (Å²) < 4.78 is 9.91. The van der Waals surface area contributed by atoms with Gasteiger partial charge in [-0.3, -0.25) is 0 Å². The number of carbonyl (C=O) groups is 1. The molecule has 0 N–H and O–H groups in total. The fourth-order valence-electron chi connectivity index (χ4n) is 1.58. The number of ether oxygens (including phenoxy) is 2. The summed E-state index contributed by atoms with van der Waals surface area (Å²) >= 11 is 0. The summed E-state index contributed by atoms with van der Waals surface area (Å²) in [7, 11) is 1.33. The van der Waals surface area contributed by atoms with Crippen molar-refractivity contribution in [3.05, 3.63) is 42.2 Å². The van der Waals surface area contributed by atoms with E-state index in [1.54, 1.807) is 24.4 Å². The Hall–Kier alpha value is -2.43. The van der Waals surface area contributed by atoms with Gasteiger partial charge in [-0.25, -0.2) is 14.8 Å². The highest BCUT2D eigenvalue weighted by atomic mass is 16.5. The van der Waals surface area contributed by atoms with Crippen molar-refractivity contribution in [1.29, 1.82) is 0 Å². The fraction of sp³-hybridized carbons (Fsp3) is 0.214. The van der Waals surface area contributed by atoms with Crippen LogP contribution in [0.2, 0.25) is 0 Å². The van der Waals surface area contributed by atoms with Crippen LogP contribution in [0.1, 0.15) is 17.4 Å². The maximum Gasteiger partial charge on any atom is 0.356 e. The van der Waals surface area contributed by atoms with Gasteiger partial charge in [0.1, 0.15) is 5.69 Å². The maximum atomic E-state index is 11.4. The Morgan fingerprint density at radius 2 is 2.11 bits per heavy atom. The van der Waals surface area contributed by atoms with E-state index in [9.17, 15) is 4.79 Å². The molecule has 0 bridgehead atoms. The number of esters is 1. The van der Waals surface area contributed by atoms with Crippen molar-refractivity contribution >= 4 is 5.97 Å². The van der Waals surface area contributed by atoms with Crippen molar-refractivity contribution in [2.75, 3.05) is 13.7 Å². The molecule has 0 saturated carbocycles. The van der Waals surface area contributed by atoms with E-state index in [1.165, 1.54) is 7.11 Å². The van der Waals surface area contributed by atoms with Crippen LogP contribution in [0.5, 0.6) is 5.88 Å². The summed E-state index contributed by atoms with van der Waals surface area (Å²) in [5.41, 5.74) is 1.75. The molecule has 0 aliphatic carbocycles. The van der Waals surface area contributed by atoms with Gasteiger partial charge in [0, 0.05) is 17.8 Å². The molecule has 0 aliphatic rings. The van der Waals surface area contributed by atoms with Gasteiger partial charge in [0.2, 0.25) is 5.88 Å². The molecule has 2 aromatic heterocycles. The molecule has 0 unspecified atom stereocenters. The largest absolute Gasteiger partial charge is 0.478 e. The normalized spacial score (nSPS) is 10.0. The Bertz CT molecular complexity index is 567. The lowest BCUT2D eigenvalue weighted by Crippen LogP contribution is -2.04. The number of hydrogen-bond acceptors (Lipinski definition) is 5. The highest BCUT2D eigenvalue weighted by Gasteiger charge is 2.08. The lowest BCUT2D eigenvalue weighted by atomic mass is 10.2. The van der Waals surface area contributed by atoms with Crippen LogP contribution in [0.3, 0.4) is 0 Å². The number of aromatic nitrogens is 2. The zero-order chi connectivity index (χ0) is 13.7. The molecule has 0 atom stereocenters. The van der Waals surface area contributed by atoms with Crippen molar-refractivity contribution < 1.29 is 14.3 Å². The Labute approximate surface area is 111 Å². The van der Waals surface area contributed by atoms with Gasteiger partial charge in [0.25, 0.3) is 0 Å². The number of nitrogens with zero attached hydrogens (tertiary/aromatic N) is 2. The van der Waals surface area contributed by atoms with E-state index in [1.807, 2.05) is 19.1 Å². The van der Waals surface area contributed by atoms with Crippen molar-refractivity contribution in [1.82, 2.24) is 9.97 Å². The molecule has 0 aromatic carbocycles. The number of hydrogen-bond donors (Lipinski definition) is 0. The van der Waals surface area contributed by atoms with Crippen molar-refractivity contribution in [3.8, 4) is 17.1 Å². The second kappa shape index (κ2) is 5.95. The predicted octanol–water partition coefficient (Wildman–Crippen LogP) is 2.33. The fourth-order valence-corrected chi connectivity index (χ4v) is 1.58. The summed E-state index contributed by atoms with van der Waals surface area (Å²) in [6, 6.07) is 8.79. The van der Waals surface area contributed by atoms with Crippen LogP contribution in [0.25, 0.3) is 11.3 Å². The molecule has 2 heterocycles. The number of methoxy groups -OCH3 is 1. The monoisotopic (exact) mass is 258 g/mol. The molecule has 5 heteroatoms. The summed E-state index contributed by atoms with van der Waals surface area (Å²) in [4.78, 5) is 19.8. The third-order valence-corrected chi connectivity index (χ3v) is 2.47. The first-order valence-corrected chi connectivity index (χ1v) is 5.89. The maximum absolute atomic E-state index is 11.4. The van der Waals surface area contributed by atoms with Gasteiger partial charge in [-0.05, 0) is 25.1 Å². The SMILES string of the molecule is CCOc1ccc(-c2cccc(C(=O)OC)n2)cn1. The summed E-state index contributed by atoms with van der Waals surface area (Å²) in [6.07, 6.45) is 1.66. The van der Waals surface area contributed by atoms with E-state index in [4.69, 9.17) is 4.74 Å². The summed E-state index contributed by atoms with van der Waals surface area (Å²) in [5, 5.41) is 0. The van der Waals surface area contributed by atoms with Gasteiger partial charge < -0.3 is 9.47 Å². The standard InChI is InChI=1S/C14H14N2O3/c1-3-19-13-8-7-10(9-15-13)11-5-4-6-12(16-11)14(17)18-2/h4-9H,3H2,1-2H3. The molecule has 0 radical (unpaired) electrons. The second-order valence-electron chi connectivity index (χ2n) is 3.72. The first-order chi connectivity index (χ1) is 9.24. The smallest absolute Gasteiger partial charge is 0.356 e. The minimum absolute atomic E-state index is 0.272. The Morgan fingerprint density at radius 3 is 2.74 bits per heavy atom. The third-order valence-electron chi connectivity index (χ3n) is 2.47. The topological polar surface area (TPSA) is 61.3 Å². The summed E-state index contributed by atoms with van der Waals surface area (Å²) in [6.45, 7) is 2.47. The van der Waals surface area contributed by atoms with Gasteiger partial charge >= 0.3 is 5.97 Å². The molecule has 98 valence electrons. The first-order valence-electron chi connectivity index (χ1n) is 5.89. The van der Waals surface area contributed by atoms with E-state index < -0.39 is 5.97 Å². The molecule has 0 saturated heterocycles. The third kappa shape index (κ3) is 3.07. The van der Waals surface area contributed by atoms with Crippen LogP contribution in [0, 0.1) is 0 Å². The molecule has 2 rings (SSSR count). The van der Waals surface area contributed by atoms with Gasteiger partial charge in [-0.15, -0.1) is 0 Å². The van der Waals surface area contributed by atoms with Crippen LogP contribution in [-0.4, -0.2) is 29.7 Å². The zero-order valence-corrected chi connectivity index (χ0v) is 10.8. The lowest BCUT2D eigenvalue weighted by Gasteiger charge is -2.05. The van der Waals surface area contributed by atoms with Crippen molar-refractivity contribution in [2.24, 2.45) is 0 Å². The van der Waals surface area contributed by atoms with Crippen LogP contribution < -0.4 is 4.74 Å². The van der Waals surface area contributed by atoms with Crippen LogP contribution >= 0.6 is 0 Å². The van der Waals surface area contributed by atoms with Gasteiger partial charge in [-0.1, -0.05) is 6.07 Å². The average molecular weight is 258 g/mol. The number of pyridine rings is 2. The van der Waals surface area contributed by atoms with Crippen molar-refractivity contribution in [2.45, 2.75) is 6.92 Å². The Morgan fingerprint density at radius 1 is 1.26 bits per heavy atom. The molecule has 0 amide bonds. The van der Waals surface area contributed by atoms with Gasteiger partial charge in [0.05, 0.1) is 19.4 Å². The molecule has 0 aliphatic heterocycles. The Kier molecular flexibility index (Phi) is 4.07. The van der Waals surface area contributed by atoms with E-state index in [2.05, 4.69) is 14.7 Å². The number of carbonyl (C=O) groups excluding carboxylic acids is 1. The first kappa shape index (κ1) is 13.0. The molecule has 0 spiro atoms. The second-order valence-corrected chi connectivity index (χ2v) is 3.72. The predicted molar refractivity (Wildman–Crippen MR) is 70.0 cm³/mol. The van der Waals surface area contributed by atoms with Crippen molar-refractivity contribution in [3.63, 3.8) is 0 Å². The van der Waals surface area contributed by atoms with Gasteiger partial charge in [-0.2, -0.15) is 0 Å². The van der Waals surface area contributed by atoms with Crippen LogP contribution in [-0.2, 0) is 4.74 Å². The molecule has 0 fully saturated rings. The average Bonchev–Trinajstić information content (AvgIpc) is 2.48. The molecule has 5 nitrogen and oxygen atoms in total.